The number of aliphatic hydroxyl groups is 1. The monoisotopic (exact) mass is 277 g/mol. The highest BCUT2D eigenvalue weighted by Gasteiger charge is 2.26. The predicted molar refractivity (Wildman–Crippen MR) is 77.2 cm³/mol. The molecule has 1 N–H and O–H groups in total. The first-order valence-corrected chi connectivity index (χ1v) is 7.27. The minimum atomic E-state index is 0.0867. The molecule has 1 atom stereocenters. The van der Waals surface area contributed by atoms with Gasteiger partial charge < -0.3 is 14.7 Å². The van der Waals surface area contributed by atoms with Gasteiger partial charge in [0.15, 0.2) is 0 Å². The molecule has 1 aromatic rings. The van der Waals surface area contributed by atoms with Crippen molar-refractivity contribution in [1.29, 1.82) is 0 Å². The molecule has 1 aliphatic rings. The van der Waals surface area contributed by atoms with Crippen molar-refractivity contribution in [1.82, 2.24) is 4.90 Å². The van der Waals surface area contributed by atoms with E-state index in [0.717, 1.165) is 31.5 Å². The van der Waals surface area contributed by atoms with Crippen molar-refractivity contribution < 1.29 is 14.6 Å². The standard InChI is InChI=1S/C16H23NO3/c1-2-20-12-16(19)17-8-7-15(10-17)9-13-3-5-14(11-18)6-4-13/h3-6,15,18H,2,7-12H2,1H3/t15-/m1/s1. The summed E-state index contributed by atoms with van der Waals surface area (Å²) in [5.74, 6) is 0.630. The van der Waals surface area contributed by atoms with E-state index in [1.54, 1.807) is 0 Å². The summed E-state index contributed by atoms with van der Waals surface area (Å²) in [5.41, 5.74) is 2.21. The van der Waals surface area contributed by atoms with E-state index in [9.17, 15) is 4.79 Å². The Hall–Kier alpha value is -1.39. The molecule has 110 valence electrons. The zero-order valence-electron chi connectivity index (χ0n) is 12.0. The van der Waals surface area contributed by atoms with Gasteiger partial charge in [0, 0.05) is 19.7 Å². The van der Waals surface area contributed by atoms with Gasteiger partial charge >= 0.3 is 0 Å². The molecule has 1 aromatic carbocycles. The Labute approximate surface area is 120 Å². The number of carbonyl (C=O) groups is 1. The number of aliphatic hydroxyl groups excluding tert-OH is 1. The van der Waals surface area contributed by atoms with Crippen molar-refractivity contribution in [3.63, 3.8) is 0 Å². The lowest BCUT2D eigenvalue weighted by atomic mass is 9.98. The molecule has 1 amide bonds. The summed E-state index contributed by atoms with van der Waals surface area (Å²) in [6.45, 7) is 4.44. The Bertz CT molecular complexity index is 430. The van der Waals surface area contributed by atoms with E-state index in [1.165, 1.54) is 5.56 Å². The molecule has 20 heavy (non-hydrogen) atoms. The molecule has 0 aromatic heterocycles. The van der Waals surface area contributed by atoms with Crippen molar-refractivity contribution in [2.45, 2.75) is 26.4 Å². The van der Waals surface area contributed by atoms with Crippen LogP contribution in [0.3, 0.4) is 0 Å². The number of hydrogen-bond donors (Lipinski definition) is 1. The number of benzene rings is 1. The molecule has 0 spiro atoms. The number of carbonyl (C=O) groups excluding carboxylic acids is 1. The van der Waals surface area contributed by atoms with Crippen LogP contribution in [0.5, 0.6) is 0 Å². The molecule has 2 rings (SSSR count). The van der Waals surface area contributed by atoms with Gasteiger partial charge in [-0.3, -0.25) is 4.79 Å². The van der Waals surface area contributed by atoms with Crippen LogP contribution in [0.4, 0.5) is 0 Å². The zero-order chi connectivity index (χ0) is 14.4. The quantitative estimate of drug-likeness (QED) is 0.859. The summed E-state index contributed by atoms with van der Waals surface area (Å²) < 4.78 is 5.17. The second kappa shape index (κ2) is 7.41. The van der Waals surface area contributed by atoms with Crippen LogP contribution in [0.25, 0.3) is 0 Å². The molecule has 1 saturated heterocycles. The van der Waals surface area contributed by atoms with Crippen LogP contribution in [-0.2, 0) is 22.6 Å². The first kappa shape index (κ1) is 15.0. The second-order valence-corrected chi connectivity index (χ2v) is 5.31. The van der Waals surface area contributed by atoms with E-state index in [-0.39, 0.29) is 19.1 Å². The Kier molecular flexibility index (Phi) is 5.56. The molecule has 1 aliphatic heterocycles. The predicted octanol–water partition coefficient (Wildman–Crippen LogP) is 1.61. The lowest BCUT2D eigenvalue weighted by Crippen LogP contribution is -2.32. The fourth-order valence-electron chi connectivity index (χ4n) is 2.62. The normalized spacial score (nSPS) is 18.5. The summed E-state index contributed by atoms with van der Waals surface area (Å²) in [6, 6.07) is 8.05. The maximum Gasteiger partial charge on any atom is 0.248 e. The van der Waals surface area contributed by atoms with Crippen LogP contribution in [0.1, 0.15) is 24.5 Å². The van der Waals surface area contributed by atoms with Crippen molar-refractivity contribution in [3.05, 3.63) is 35.4 Å². The molecule has 0 bridgehead atoms. The minimum absolute atomic E-state index is 0.0867. The summed E-state index contributed by atoms with van der Waals surface area (Å²) >= 11 is 0. The molecule has 1 heterocycles. The van der Waals surface area contributed by atoms with Crippen molar-refractivity contribution in [2.75, 3.05) is 26.3 Å². The smallest absolute Gasteiger partial charge is 0.248 e. The van der Waals surface area contributed by atoms with Crippen LogP contribution < -0.4 is 0 Å². The average molecular weight is 277 g/mol. The number of hydrogen-bond acceptors (Lipinski definition) is 3. The van der Waals surface area contributed by atoms with Gasteiger partial charge in [0.2, 0.25) is 5.91 Å². The fourth-order valence-corrected chi connectivity index (χ4v) is 2.62. The van der Waals surface area contributed by atoms with Gasteiger partial charge in [-0.25, -0.2) is 0 Å². The van der Waals surface area contributed by atoms with Gasteiger partial charge in [-0.05, 0) is 36.8 Å². The summed E-state index contributed by atoms with van der Waals surface area (Å²) in [5, 5.41) is 9.02. The number of nitrogens with zero attached hydrogens (tertiary/aromatic N) is 1. The molecular formula is C16H23NO3. The van der Waals surface area contributed by atoms with Crippen LogP contribution in [0.15, 0.2) is 24.3 Å². The van der Waals surface area contributed by atoms with Crippen LogP contribution in [0.2, 0.25) is 0 Å². The fraction of sp³-hybridized carbons (Fsp3) is 0.562. The van der Waals surface area contributed by atoms with Crippen molar-refractivity contribution in [3.8, 4) is 0 Å². The van der Waals surface area contributed by atoms with E-state index in [0.29, 0.717) is 12.5 Å². The third-order valence-corrected chi connectivity index (χ3v) is 3.80. The molecule has 0 unspecified atom stereocenters. The first-order chi connectivity index (χ1) is 9.72. The van der Waals surface area contributed by atoms with Crippen molar-refractivity contribution >= 4 is 5.91 Å². The van der Waals surface area contributed by atoms with E-state index in [2.05, 4.69) is 12.1 Å². The first-order valence-electron chi connectivity index (χ1n) is 7.27. The highest BCUT2D eigenvalue weighted by Crippen LogP contribution is 2.21. The van der Waals surface area contributed by atoms with E-state index < -0.39 is 0 Å². The lowest BCUT2D eigenvalue weighted by molar-refractivity contribution is -0.135. The maximum atomic E-state index is 11.9. The van der Waals surface area contributed by atoms with Gasteiger partial charge in [0.05, 0.1) is 6.61 Å². The average Bonchev–Trinajstić information content (AvgIpc) is 2.94. The van der Waals surface area contributed by atoms with E-state index in [1.807, 2.05) is 24.0 Å². The molecule has 0 radical (unpaired) electrons. The number of ether oxygens (including phenoxy) is 1. The zero-order valence-corrected chi connectivity index (χ0v) is 12.0. The SMILES string of the molecule is CCOCC(=O)N1CC[C@H](Cc2ccc(CO)cc2)C1. The van der Waals surface area contributed by atoms with Gasteiger partial charge in [-0.15, -0.1) is 0 Å². The van der Waals surface area contributed by atoms with Crippen molar-refractivity contribution in [2.24, 2.45) is 5.92 Å². The summed E-state index contributed by atoms with van der Waals surface area (Å²) in [4.78, 5) is 13.8. The van der Waals surface area contributed by atoms with E-state index >= 15 is 0 Å². The minimum Gasteiger partial charge on any atom is -0.392 e. The van der Waals surface area contributed by atoms with Crippen LogP contribution in [-0.4, -0.2) is 42.2 Å². The summed E-state index contributed by atoms with van der Waals surface area (Å²) in [6.07, 6.45) is 2.05. The summed E-state index contributed by atoms with van der Waals surface area (Å²) in [7, 11) is 0. The van der Waals surface area contributed by atoms with Gasteiger partial charge in [-0.1, -0.05) is 24.3 Å². The highest BCUT2D eigenvalue weighted by atomic mass is 16.5. The molecular weight excluding hydrogens is 254 g/mol. The van der Waals surface area contributed by atoms with Gasteiger partial charge in [0.25, 0.3) is 0 Å². The Morgan fingerprint density at radius 2 is 2.05 bits per heavy atom. The molecule has 0 saturated carbocycles. The third-order valence-electron chi connectivity index (χ3n) is 3.80. The largest absolute Gasteiger partial charge is 0.392 e. The van der Waals surface area contributed by atoms with Crippen LogP contribution in [0, 0.1) is 5.92 Å². The third kappa shape index (κ3) is 4.05. The molecule has 1 fully saturated rings. The lowest BCUT2D eigenvalue weighted by Gasteiger charge is -2.16. The van der Waals surface area contributed by atoms with Gasteiger partial charge in [0.1, 0.15) is 6.61 Å². The molecule has 4 nitrogen and oxygen atoms in total. The Morgan fingerprint density at radius 3 is 2.70 bits per heavy atom. The highest BCUT2D eigenvalue weighted by molar-refractivity contribution is 5.77. The number of rotatable bonds is 6. The topological polar surface area (TPSA) is 49.8 Å². The molecule has 0 aliphatic carbocycles. The second-order valence-electron chi connectivity index (χ2n) is 5.31. The van der Waals surface area contributed by atoms with Gasteiger partial charge in [-0.2, -0.15) is 0 Å². The number of amides is 1. The number of likely N-dealkylation sites (tertiary alicyclic amines) is 1. The van der Waals surface area contributed by atoms with Crippen LogP contribution >= 0.6 is 0 Å². The Morgan fingerprint density at radius 1 is 1.35 bits per heavy atom. The molecule has 4 heteroatoms. The maximum absolute atomic E-state index is 11.9. The Balaban J connectivity index is 1.81. The van der Waals surface area contributed by atoms with E-state index in [4.69, 9.17) is 9.84 Å².